The van der Waals surface area contributed by atoms with Crippen LogP contribution in [0, 0.1) is 0 Å². The first-order valence-electron chi connectivity index (χ1n) is 29.3. The summed E-state index contributed by atoms with van der Waals surface area (Å²) in [5, 5.41) is 7.33. The third-order valence-electron chi connectivity index (χ3n) is 16.9. The van der Waals surface area contributed by atoms with Crippen molar-refractivity contribution in [2.75, 3.05) is 9.80 Å². The van der Waals surface area contributed by atoms with Crippen molar-refractivity contribution in [2.24, 2.45) is 0 Å². The third kappa shape index (κ3) is 10.5. The lowest BCUT2D eigenvalue weighted by Gasteiger charge is -2.30. The van der Waals surface area contributed by atoms with Crippen LogP contribution < -0.4 is 9.80 Å². The van der Waals surface area contributed by atoms with Gasteiger partial charge in [0, 0.05) is 33.5 Å². The van der Waals surface area contributed by atoms with Gasteiger partial charge in [-0.2, -0.15) is 0 Å². The molecule has 0 unspecified atom stereocenters. The molecule has 0 heterocycles. The third-order valence-corrected chi connectivity index (χ3v) is 16.9. The molecule has 406 valence electrons. The zero-order chi connectivity index (χ0) is 57.3. The van der Waals surface area contributed by atoms with Crippen LogP contribution in [0.25, 0.3) is 76.8 Å². The van der Waals surface area contributed by atoms with Crippen LogP contribution in [-0.4, -0.2) is 0 Å². The van der Waals surface area contributed by atoms with E-state index in [1.54, 1.807) is 0 Å². The van der Waals surface area contributed by atoms with Gasteiger partial charge in [-0.25, -0.2) is 0 Å². The molecule has 12 aromatic rings. The van der Waals surface area contributed by atoms with Gasteiger partial charge in [0.1, 0.15) is 0 Å². The van der Waals surface area contributed by atoms with Crippen LogP contribution in [-0.2, 0) is 21.7 Å². The van der Waals surface area contributed by atoms with Crippen molar-refractivity contribution in [3.8, 4) is 44.5 Å². The number of hydrogen-bond donors (Lipinski definition) is 0. The molecule has 0 bridgehead atoms. The van der Waals surface area contributed by atoms with Crippen LogP contribution in [0.4, 0.5) is 34.1 Å². The van der Waals surface area contributed by atoms with Crippen molar-refractivity contribution in [3.05, 3.63) is 265 Å². The summed E-state index contributed by atoms with van der Waals surface area (Å²) in [6.45, 7) is 27.3. The van der Waals surface area contributed by atoms with E-state index in [-0.39, 0.29) is 21.7 Å². The highest BCUT2D eigenvalue weighted by molar-refractivity contribution is 6.28. The summed E-state index contributed by atoms with van der Waals surface area (Å²) < 4.78 is 0. The summed E-state index contributed by atoms with van der Waals surface area (Å²) in [5.74, 6) is 0. The highest BCUT2D eigenvalue weighted by Gasteiger charge is 2.24. The van der Waals surface area contributed by atoms with Gasteiger partial charge in [0.2, 0.25) is 0 Å². The molecule has 82 heavy (non-hydrogen) atoms. The summed E-state index contributed by atoms with van der Waals surface area (Å²) >= 11 is 0. The molecule has 0 aromatic heterocycles. The average Bonchev–Trinajstić information content (AvgIpc) is 1.81. The first-order valence-corrected chi connectivity index (χ1v) is 29.3. The molecule has 0 amide bonds. The van der Waals surface area contributed by atoms with Gasteiger partial charge in [-0.15, -0.1) is 0 Å². The monoisotopic (exact) mass is 1060 g/mol. The Morgan fingerprint density at radius 2 is 0.476 bits per heavy atom. The molecule has 0 aliphatic carbocycles. The van der Waals surface area contributed by atoms with Crippen LogP contribution in [0.1, 0.15) is 105 Å². The Balaban J connectivity index is 1.02. The van der Waals surface area contributed by atoms with E-state index in [1.165, 1.54) is 99.1 Å². The minimum absolute atomic E-state index is 0.0713. The fourth-order valence-electron chi connectivity index (χ4n) is 11.9. The molecule has 0 atom stereocenters. The topological polar surface area (TPSA) is 6.48 Å². The average molecular weight is 1070 g/mol. The highest BCUT2D eigenvalue weighted by atomic mass is 15.1. The van der Waals surface area contributed by atoms with Crippen molar-refractivity contribution in [2.45, 2.75) is 105 Å². The van der Waals surface area contributed by atoms with E-state index in [9.17, 15) is 0 Å². The van der Waals surface area contributed by atoms with Crippen LogP contribution in [0.3, 0.4) is 0 Å². The normalized spacial score (nSPS) is 12.4. The van der Waals surface area contributed by atoms with E-state index in [1.807, 2.05) is 0 Å². The van der Waals surface area contributed by atoms with Gasteiger partial charge < -0.3 is 9.80 Å². The molecule has 12 aromatic carbocycles. The van der Waals surface area contributed by atoms with Gasteiger partial charge in [-0.1, -0.05) is 265 Å². The number of hydrogen-bond acceptors (Lipinski definition) is 2. The van der Waals surface area contributed by atoms with Crippen LogP contribution in [0.15, 0.2) is 243 Å². The molecule has 2 heteroatoms. The molecule has 0 radical (unpaired) electrons. The minimum atomic E-state index is 0.0713. The van der Waals surface area contributed by atoms with Crippen molar-refractivity contribution >= 4 is 66.4 Å². The minimum Gasteiger partial charge on any atom is -0.310 e. The van der Waals surface area contributed by atoms with Gasteiger partial charge in [0.15, 0.2) is 0 Å². The maximum Gasteiger partial charge on any atom is 0.0540 e. The Hall–Kier alpha value is -8.72. The Morgan fingerprint density at radius 1 is 0.220 bits per heavy atom. The Kier molecular flexibility index (Phi) is 13.6. The first kappa shape index (κ1) is 53.9. The standard InChI is InChI=1S/C80H76N2/c1-77(2,3)63-35-19-53(20-36-63)55-27-43-67(44-28-55)81(69-17-13-15-61(51-69)57-23-39-65(40-24-57)79(7,8)9)73-49-33-59-32-48-72-74(50-34-60-31-47-71(73)75(59)76(60)72)82(68-45-29-56(30-46-68)54-21-37-64(38-22-54)78(4,5)6)70-18-14-16-62(52-70)58-25-41-66(42-26-58)80(10,11)12/h13-52H,1-12H3. The molecular formula is C80H76N2. The summed E-state index contributed by atoms with van der Waals surface area (Å²) in [6, 6.07) is 91.6. The Bertz CT molecular complexity index is 3950. The smallest absolute Gasteiger partial charge is 0.0540 e. The lowest BCUT2D eigenvalue weighted by Crippen LogP contribution is -2.12. The summed E-state index contributed by atoms with van der Waals surface area (Å²) in [5.41, 5.74) is 21.9. The van der Waals surface area contributed by atoms with E-state index in [0.29, 0.717) is 0 Å². The largest absolute Gasteiger partial charge is 0.310 e. The molecule has 0 N–H and O–H groups in total. The lowest BCUT2D eigenvalue weighted by atomic mass is 9.86. The lowest BCUT2D eigenvalue weighted by molar-refractivity contribution is 0.590. The molecule has 0 fully saturated rings. The van der Waals surface area contributed by atoms with Gasteiger partial charge in [-0.05, 0) is 171 Å². The van der Waals surface area contributed by atoms with Crippen molar-refractivity contribution < 1.29 is 0 Å². The molecule has 0 aliphatic rings. The van der Waals surface area contributed by atoms with Gasteiger partial charge in [0.05, 0.1) is 11.4 Å². The molecule has 12 rings (SSSR count). The fraction of sp³-hybridized carbons (Fsp3) is 0.200. The number of nitrogens with zero attached hydrogens (tertiary/aromatic N) is 2. The Morgan fingerprint density at radius 3 is 0.756 bits per heavy atom. The fourth-order valence-corrected chi connectivity index (χ4v) is 11.9. The number of rotatable bonds is 10. The van der Waals surface area contributed by atoms with E-state index in [0.717, 1.165) is 34.1 Å². The van der Waals surface area contributed by atoms with Gasteiger partial charge in [0.25, 0.3) is 0 Å². The quantitative estimate of drug-likeness (QED) is 0.126. The molecule has 0 aliphatic heterocycles. The predicted octanol–water partition coefficient (Wildman–Crippen LogP) is 23.4. The summed E-state index contributed by atoms with van der Waals surface area (Å²) in [6.07, 6.45) is 0. The van der Waals surface area contributed by atoms with E-state index < -0.39 is 0 Å². The molecule has 0 saturated carbocycles. The van der Waals surface area contributed by atoms with Crippen LogP contribution in [0.5, 0.6) is 0 Å². The van der Waals surface area contributed by atoms with E-state index in [4.69, 9.17) is 0 Å². The maximum absolute atomic E-state index is 2.47. The van der Waals surface area contributed by atoms with E-state index in [2.05, 4.69) is 336 Å². The van der Waals surface area contributed by atoms with Crippen LogP contribution >= 0.6 is 0 Å². The van der Waals surface area contributed by atoms with Crippen molar-refractivity contribution in [3.63, 3.8) is 0 Å². The van der Waals surface area contributed by atoms with Gasteiger partial charge in [-0.3, -0.25) is 0 Å². The molecule has 0 spiro atoms. The predicted molar refractivity (Wildman–Crippen MR) is 356 cm³/mol. The van der Waals surface area contributed by atoms with Crippen molar-refractivity contribution in [1.82, 2.24) is 0 Å². The van der Waals surface area contributed by atoms with Crippen molar-refractivity contribution in [1.29, 1.82) is 0 Å². The summed E-state index contributed by atoms with van der Waals surface area (Å²) in [4.78, 5) is 4.94. The highest BCUT2D eigenvalue weighted by Crippen LogP contribution is 2.49. The second-order valence-electron chi connectivity index (χ2n) is 26.8. The Labute approximate surface area is 487 Å². The zero-order valence-corrected chi connectivity index (χ0v) is 50.0. The second-order valence-corrected chi connectivity index (χ2v) is 26.8. The number of anilines is 6. The van der Waals surface area contributed by atoms with Crippen LogP contribution in [0.2, 0.25) is 0 Å². The van der Waals surface area contributed by atoms with Gasteiger partial charge >= 0.3 is 0 Å². The maximum atomic E-state index is 2.47. The van der Waals surface area contributed by atoms with E-state index >= 15 is 0 Å². The molecule has 2 nitrogen and oxygen atoms in total. The zero-order valence-electron chi connectivity index (χ0n) is 50.0. The molecular weight excluding hydrogens is 989 g/mol. The second kappa shape index (κ2) is 20.7. The number of benzene rings is 12. The SMILES string of the molecule is CC(C)(C)c1ccc(-c2ccc(N(c3cccc(-c4ccc(C(C)(C)C)cc4)c3)c3ccc4ccc5c(N(c6ccc(-c7ccc(C(C)(C)C)cc7)cc6)c6cccc(-c7ccc(C(C)(C)C)cc7)c6)ccc6ccc3c4c65)cc2)cc1. The molecule has 0 saturated heterocycles. The first-order chi connectivity index (χ1) is 39.2. The summed E-state index contributed by atoms with van der Waals surface area (Å²) in [7, 11) is 0.